The van der Waals surface area contributed by atoms with E-state index < -0.39 is 0 Å². The first-order valence-corrected chi connectivity index (χ1v) is 6.83. The molecule has 0 aromatic heterocycles. The molecule has 0 heterocycles. The number of benzene rings is 1. The van der Waals surface area contributed by atoms with Crippen molar-refractivity contribution in [2.24, 2.45) is 0 Å². The maximum atomic E-state index is 13.5. The molecule has 0 saturated heterocycles. The van der Waals surface area contributed by atoms with E-state index in [1.54, 1.807) is 6.07 Å². The van der Waals surface area contributed by atoms with E-state index in [-0.39, 0.29) is 11.9 Å². The molecule has 1 N–H and O–H groups in total. The van der Waals surface area contributed by atoms with Crippen molar-refractivity contribution in [3.63, 3.8) is 0 Å². The highest BCUT2D eigenvalue weighted by Gasteiger charge is 2.17. The fourth-order valence-electron chi connectivity index (χ4n) is 2.31. The minimum Gasteiger partial charge on any atom is -0.490 e. The van der Waals surface area contributed by atoms with Gasteiger partial charge < -0.3 is 10.1 Å². The van der Waals surface area contributed by atoms with Gasteiger partial charge in [-0.1, -0.05) is 13.8 Å². The average molecular weight is 251 g/mol. The van der Waals surface area contributed by atoms with Gasteiger partial charge in [-0.25, -0.2) is 4.39 Å². The molecular formula is C15H22FNO. The third-order valence-electron chi connectivity index (χ3n) is 3.25. The molecule has 1 fully saturated rings. The maximum Gasteiger partial charge on any atom is 0.127 e. The molecular weight excluding hydrogens is 229 g/mol. The molecule has 1 aromatic rings. The van der Waals surface area contributed by atoms with Crippen LogP contribution < -0.4 is 10.1 Å². The number of hydrogen-bond acceptors (Lipinski definition) is 2. The van der Waals surface area contributed by atoms with Crippen LogP contribution in [0.15, 0.2) is 18.2 Å². The second kappa shape index (κ2) is 6.19. The average Bonchev–Trinajstić information content (AvgIpc) is 2.78. The Balaban J connectivity index is 2.00. The zero-order valence-corrected chi connectivity index (χ0v) is 11.2. The summed E-state index contributed by atoms with van der Waals surface area (Å²) >= 11 is 0. The molecule has 1 aliphatic carbocycles. The van der Waals surface area contributed by atoms with Gasteiger partial charge in [0, 0.05) is 18.7 Å². The van der Waals surface area contributed by atoms with Gasteiger partial charge in [-0.05, 0) is 43.4 Å². The molecule has 1 aromatic carbocycles. The Morgan fingerprint density at radius 3 is 2.67 bits per heavy atom. The van der Waals surface area contributed by atoms with Crippen LogP contribution in [-0.2, 0) is 6.54 Å². The van der Waals surface area contributed by atoms with Gasteiger partial charge >= 0.3 is 0 Å². The molecule has 0 amide bonds. The second-order valence-electron chi connectivity index (χ2n) is 5.36. The zero-order chi connectivity index (χ0) is 13.0. The Hall–Kier alpha value is -1.09. The molecule has 0 aliphatic heterocycles. The van der Waals surface area contributed by atoms with Crippen molar-refractivity contribution < 1.29 is 9.13 Å². The third-order valence-corrected chi connectivity index (χ3v) is 3.25. The molecule has 2 rings (SSSR count). The predicted octanol–water partition coefficient (Wildman–Crippen LogP) is 3.65. The highest BCUT2D eigenvalue weighted by atomic mass is 19.1. The first-order valence-electron chi connectivity index (χ1n) is 6.83. The lowest BCUT2D eigenvalue weighted by Crippen LogP contribution is -2.22. The van der Waals surface area contributed by atoms with E-state index in [9.17, 15) is 4.39 Å². The third kappa shape index (κ3) is 3.98. The first kappa shape index (κ1) is 13.3. The monoisotopic (exact) mass is 251 g/mol. The van der Waals surface area contributed by atoms with Gasteiger partial charge in [0.1, 0.15) is 11.6 Å². The van der Waals surface area contributed by atoms with E-state index in [1.807, 2.05) is 6.07 Å². The first-order chi connectivity index (χ1) is 8.63. The predicted molar refractivity (Wildman–Crippen MR) is 71.3 cm³/mol. The van der Waals surface area contributed by atoms with Crippen LogP contribution >= 0.6 is 0 Å². The largest absolute Gasteiger partial charge is 0.490 e. The van der Waals surface area contributed by atoms with Gasteiger partial charge in [0.25, 0.3) is 0 Å². The molecule has 0 unspecified atom stereocenters. The quantitative estimate of drug-likeness (QED) is 0.862. The van der Waals surface area contributed by atoms with Crippen LogP contribution in [0.5, 0.6) is 5.75 Å². The van der Waals surface area contributed by atoms with Crippen LogP contribution in [0.25, 0.3) is 0 Å². The summed E-state index contributed by atoms with van der Waals surface area (Å²) in [5, 5.41) is 3.29. The van der Waals surface area contributed by atoms with Crippen LogP contribution in [0.1, 0.15) is 45.1 Å². The molecule has 100 valence electrons. The van der Waals surface area contributed by atoms with Gasteiger partial charge in [-0.3, -0.25) is 0 Å². The van der Waals surface area contributed by atoms with Crippen LogP contribution in [0.3, 0.4) is 0 Å². The van der Waals surface area contributed by atoms with E-state index in [0.29, 0.717) is 18.3 Å². The van der Waals surface area contributed by atoms with E-state index in [1.165, 1.54) is 18.9 Å². The molecule has 3 heteroatoms. The normalized spacial score (nSPS) is 16.4. The number of rotatable bonds is 5. The summed E-state index contributed by atoms with van der Waals surface area (Å²) in [6.07, 6.45) is 4.91. The molecule has 1 aliphatic rings. The number of hydrogen-bond donors (Lipinski definition) is 1. The van der Waals surface area contributed by atoms with Crippen molar-refractivity contribution in [3.05, 3.63) is 29.6 Å². The standard InChI is InChI=1S/C15H22FNO/c1-11(2)17-10-12-7-13(16)9-15(8-12)18-14-5-3-4-6-14/h7-9,11,14,17H,3-6,10H2,1-2H3. The Morgan fingerprint density at radius 2 is 2.00 bits per heavy atom. The minimum absolute atomic E-state index is 0.217. The number of ether oxygens (including phenoxy) is 1. The molecule has 18 heavy (non-hydrogen) atoms. The summed E-state index contributed by atoms with van der Waals surface area (Å²) in [4.78, 5) is 0. The highest BCUT2D eigenvalue weighted by molar-refractivity contribution is 5.30. The van der Waals surface area contributed by atoms with Crippen molar-refractivity contribution in [1.29, 1.82) is 0 Å². The lowest BCUT2D eigenvalue weighted by molar-refractivity contribution is 0.209. The van der Waals surface area contributed by atoms with Crippen LogP contribution in [0.2, 0.25) is 0 Å². The van der Waals surface area contributed by atoms with E-state index in [4.69, 9.17) is 4.74 Å². The van der Waals surface area contributed by atoms with Gasteiger partial charge in [0.2, 0.25) is 0 Å². The lowest BCUT2D eigenvalue weighted by atomic mass is 10.2. The van der Waals surface area contributed by atoms with E-state index in [0.717, 1.165) is 18.4 Å². The smallest absolute Gasteiger partial charge is 0.127 e. The SMILES string of the molecule is CC(C)NCc1cc(F)cc(OC2CCCC2)c1. The van der Waals surface area contributed by atoms with Crippen LogP contribution in [0.4, 0.5) is 4.39 Å². The Morgan fingerprint density at radius 1 is 1.28 bits per heavy atom. The number of halogens is 1. The van der Waals surface area contributed by atoms with Gasteiger partial charge in [0.05, 0.1) is 6.10 Å². The molecule has 2 nitrogen and oxygen atoms in total. The molecule has 1 saturated carbocycles. The Kier molecular flexibility index (Phi) is 4.59. The Labute approximate surface area is 109 Å². The molecule has 0 atom stereocenters. The molecule has 0 spiro atoms. The summed E-state index contributed by atoms with van der Waals surface area (Å²) in [6, 6.07) is 5.39. The summed E-state index contributed by atoms with van der Waals surface area (Å²) in [5.41, 5.74) is 0.941. The summed E-state index contributed by atoms with van der Waals surface area (Å²) in [5.74, 6) is 0.452. The van der Waals surface area contributed by atoms with Crippen molar-refractivity contribution >= 4 is 0 Å². The zero-order valence-electron chi connectivity index (χ0n) is 11.2. The fourth-order valence-corrected chi connectivity index (χ4v) is 2.31. The lowest BCUT2D eigenvalue weighted by Gasteiger charge is -2.15. The topological polar surface area (TPSA) is 21.3 Å². The van der Waals surface area contributed by atoms with Gasteiger partial charge in [-0.2, -0.15) is 0 Å². The molecule has 0 bridgehead atoms. The minimum atomic E-state index is -0.217. The van der Waals surface area contributed by atoms with Crippen molar-refractivity contribution in [2.75, 3.05) is 0 Å². The van der Waals surface area contributed by atoms with Crippen molar-refractivity contribution in [3.8, 4) is 5.75 Å². The summed E-state index contributed by atoms with van der Waals surface area (Å²) in [7, 11) is 0. The Bertz CT molecular complexity index is 386. The van der Waals surface area contributed by atoms with Gasteiger partial charge in [0.15, 0.2) is 0 Å². The maximum absolute atomic E-state index is 13.5. The summed E-state index contributed by atoms with van der Waals surface area (Å²) < 4.78 is 19.4. The van der Waals surface area contributed by atoms with E-state index in [2.05, 4.69) is 19.2 Å². The van der Waals surface area contributed by atoms with Crippen LogP contribution in [0, 0.1) is 5.82 Å². The van der Waals surface area contributed by atoms with Gasteiger partial charge in [-0.15, -0.1) is 0 Å². The second-order valence-corrected chi connectivity index (χ2v) is 5.36. The molecule has 0 radical (unpaired) electrons. The van der Waals surface area contributed by atoms with Crippen molar-refractivity contribution in [2.45, 2.75) is 58.2 Å². The van der Waals surface area contributed by atoms with Crippen LogP contribution in [-0.4, -0.2) is 12.1 Å². The summed E-state index contributed by atoms with van der Waals surface area (Å²) in [6.45, 7) is 4.83. The van der Waals surface area contributed by atoms with Crippen molar-refractivity contribution in [1.82, 2.24) is 5.32 Å². The highest BCUT2D eigenvalue weighted by Crippen LogP contribution is 2.25. The fraction of sp³-hybridized carbons (Fsp3) is 0.600. The number of nitrogens with one attached hydrogen (secondary N) is 1. The van der Waals surface area contributed by atoms with E-state index >= 15 is 0 Å².